The van der Waals surface area contributed by atoms with Crippen LogP contribution < -0.4 is 5.43 Å². The highest BCUT2D eigenvalue weighted by molar-refractivity contribution is 9.10. The Labute approximate surface area is 123 Å². The van der Waals surface area contributed by atoms with Gasteiger partial charge in [-0.05, 0) is 18.2 Å². The SMILES string of the molecule is COP(=O)(OC)C(O)c1coc2ccc(Br)cc2c1=O. The summed E-state index contributed by atoms with van der Waals surface area (Å²) in [6, 6.07) is 4.89. The molecule has 0 bridgehead atoms. The Balaban J connectivity index is 2.64. The number of hydrogen-bond acceptors (Lipinski definition) is 6. The molecule has 0 saturated heterocycles. The van der Waals surface area contributed by atoms with Crippen LogP contribution in [0.15, 0.2) is 38.1 Å². The van der Waals surface area contributed by atoms with E-state index in [1.54, 1.807) is 18.2 Å². The van der Waals surface area contributed by atoms with Crippen LogP contribution in [0.25, 0.3) is 11.0 Å². The van der Waals surface area contributed by atoms with Gasteiger partial charge in [0, 0.05) is 18.7 Å². The molecule has 0 spiro atoms. The summed E-state index contributed by atoms with van der Waals surface area (Å²) >= 11 is 3.25. The van der Waals surface area contributed by atoms with Gasteiger partial charge in [-0.2, -0.15) is 0 Å². The molecule has 0 radical (unpaired) electrons. The van der Waals surface area contributed by atoms with E-state index in [1.807, 2.05) is 0 Å². The Morgan fingerprint density at radius 2 is 2.00 bits per heavy atom. The van der Waals surface area contributed by atoms with Gasteiger partial charge < -0.3 is 18.6 Å². The van der Waals surface area contributed by atoms with E-state index in [2.05, 4.69) is 25.0 Å². The van der Waals surface area contributed by atoms with Gasteiger partial charge >= 0.3 is 7.60 Å². The molecule has 0 aliphatic heterocycles. The third-order valence-electron chi connectivity index (χ3n) is 2.85. The van der Waals surface area contributed by atoms with Crippen molar-refractivity contribution in [3.05, 3.63) is 44.7 Å². The number of benzene rings is 1. The van der Waals surface area contributed by atoms with Crippen molar-refractivity contribution < 1.29 is 23.1 Å². The molecule has 0 aliphatic rings. The Kier molecular flexibility index (Phi) is 4.46. The number of hydrogen-bond donors (Lipinski definition) is 1. The highest BCUT2D eigenvalue weighted by Gasteiger charge is 2.36. The summed E-state index contributed by atoms with van der Waals surface area (Å²) < 4.78 is 27.5. The van der Waals surface area contributed by atoms with Gasteiger partial charge in [0.05, 0.1) is 10.9 Å². The topological polar surface area (TPSA) is 86.0 Å². The maximum atomic E-state index is 12.3. The lowest BCUT2D eigenvalue weighted by Gasteiger charge is -2.19. The van der Waals surface area contributed by atoms with E-state index >= 15 is 0 Å². The molecule has 0 saturated carbocycles. The minimum atomic E-state index is -3.83. The molecule has 0 fully saturated rings. The molecule has 6 nitrogen and oxygen atoms in total. The van der Waals surface area contributed by atoms with Crippen LogP contribution in [0.3, 0.4) is 0 Å². The monoisotopic (exact) mass is 362 g/mol. The zero-order valence-electron chi connectivity index (χ0n) is 10.7. The van der Waals surface area contributed by atoms with Crippen LogP contribution in [-0.4, -0.2) is 19.3 Å². The minimum Gasteiger partial charge on any atom is -0.464 e. The fourth-order valence-electron chi connectivity index (χ4n) is 1.74. The summed E-state index contributed by atoms with van der Waals surface area (Å²) in [5.41, 5.74) is -0.309. The second kappa shape index (κ2) is 5.79. The average Bonchev–Trinajstić information content (AvgIpc) is 2.46. The van der Waals surface area contributed by atoms with E-state index in [9.17, 15) is 14.5 Å². The predicted molar refractivity (Wildman–Crippen MR) is 76.8 cm³/mol. The maximum Gasteiger partial charge on any atom is 0.363 e. The maximum absolute atomic E-state index is 12.3. The molecule has 1 N–H and O–H groups in total. The summed E-state index contributed by atoms with van der Waals surface area (Å²) in [6.45, 7) is 0. The summed E-state index contributed by atoms with van der Waals surface area (Å²) in [5.74, 6) is -1.71. The van der Waals surface area contributed by atoms with E-state index in [1.165, 1.54) is 0 Å². The molecule has 8 heteroatoms. The zero-order chi connectivity index (χ0) is 14.9. The van der Waals surface area contributed by atoms with Crippen molar-refractivity contribution in [1.29, 1.82) is 0 Å². The van der Waals surface area contributed by atoms with Crippen molar-refractivity contribution in [3.63, 3.8) is 0 Å². The molecule has 2 rings (SSSR count). The molecule has 1 aromatic carbocycles. The van der Waals surface area contributed by atoms with Gasteiger partial charge in [0.2, 0.25) is 0 Å². The second-order valence-electron chi connectivity index (χ2n) is 3.94. The van der Waals surface area contributed by atoms with Gasteiger partial charge in [-0.1, -0.05) is 15.9 Å². The molecular formula is C12H12BrO6P. The van der Waals surface area contributed by atoms with Crippen LogP contribution in [0.4, 0.5) is 0 Å². The molecule has 0 amide bonds. The standard InChI is InChI=1S/C12H12BrO6P/c1-17-20(16,18-2)12(15)9-6-19-10-4-3-7(13)5-8(10)11(9)14/h3-6,12,15H,1-2H3. The van der Waals surface area contributed by atoms with Gasteiger partial charge in [-0.3, -0.25) is 9.36 Å². The third kappa shape index (κ3) is 2.60. The lowest BCUT2D eigenvalue weighted by atomic mass is 10.2. The Bertz CT molecular complexity index is 732. The Morgan fingerprint density at radius 3 is 2.60 bits per heavy atom. The summed E-state index contributed by atoms with van der Waals surface area (Å²) in [6.07, 6.45) is 1.06. The summed E-state index contributed by atoms with van der Waals surface area (Å²) in [5, 5.41) is 10.3. The van der Waals surface area contributed by atoms with E-state index in [0.717, 1.165) is 20.5 Å². The van der Waals surface area contributed by atoms with Crippen LogP contribution >= 0.6 is 23.5 Å². The van der Waals surface area contributed by atoms with E-state index < -0.39 is 18.9 Å². The van der Waals surface area contributed by atoms with E-state index in [4.69, 9.17) is 4.42 Å². The molecule has 1 heterocycles. The van der Waals surface area contributed by atoms with Crippen molar-refractivity contribution in [2.24, 2.45) is 0 Å². The van der Waals surface area contributed by atoms with Crippen molar-refractivity contribution in [2.45, 2.75) is 5.85 Å². The highest BCUT2D eigenvalue weighted by Crippen LogP contribution is 2.57. The first-order valence-corrected chi connectivity index (χ1v) is 7.93. The number of fused-ring (bicyclic) bond motifs is 1. The summed E-state index contributed by atoms with van der Waals surface area (Å²) in [4.78, 5) is 12.3. The largest absolute Gasteiger partial charge is 0.464 e. The normalized spacial score (nSPS) is 13.6. The van der Waals surface area contributed by atoms with Gasteiger partial charge in [0.1, 0.15) is 11.8 Å². The quantitative estimate of drug-likeness (QED) is 0.841. The molecule has 1 unspecified atom stereocenters. The Morgan fingerprint density at radius 1 is 1.35 bits per heavy atom. The highest BCUT2D eigenvalue weighted by atomic mass is 79.9. The van der Waals surface area contributed by atoms with Crippen molar-refractivity contribution in [2.75, 3.05) is 14.2 Å². The minimum absolute atomic E-state index is 0.178. The number of rotatable bonds is 4. The van der Waals surface area contributed by atoms with Gasteiger partial charge in [0.15, 0.2) is 11.3 Å². The molecular weight excluding hydrogens is 351 g/mol. The second-order valence-corrected chi connectivity index (χ2v) is 7.15. The molecule has 1 atom stereocenters. The first-order chi connectivity index (χ1) is 9.42. The van der Waals surface area contributed by atoms with E-state index in [0.29, 0.717) is 10.1 Å². The lowest BCUT2D eigenvalue weighted by molar-refractivity contribution is 0.174. The van der Waals surface area contributed by atoms with Crippen LogP contribution in [0.2, 0.25) is 0 Å². The first-order valence-electron chi connectivity index (χ1n) is 5.53. The fourth-order valence-corrected chi connectivity index (χ4v) is 3.17. The Hall–Kier alpha value is -0.980. The van der Waals surface area contributed by atoms with Gasteiger partial charge in [-0.15, -0.1) is 0 Å². The molecule has 1 aromatic heterocycles. The van der Waals surface area contributed by atoms with Crippen molar-refractivity contribution in [3.8, 4) is 0 Å². The fraction of sp³-hybridized carbons (Fsp3) is 0.250. The van der Waals surface area contributed by atoms with Crippen LogP contribution in [0, 0.1) is 0 Å². The van der Waals surface area contributed by atoms with E-state index in [-0.39, 0.29) is 10.9 Å². The van der Waals surface area contributed by atoms with Crippen molar-refractivity contribution in [1.82, 2.24) is 0 Å². The molecule has 0 aliphatic carbocycles. The first kappa shape index (κ1) is 15.4. The summed E-state index contributed by atoms with van der Waals surface area (Å²) in [7, 11) is -1.56. The zero-order valence-corrected chi connectivity index (χ0v) is 13.2. The van der Waals surface area contributed by atoms with Crippen molar-refractivity contribution >= 4 is 34.5 Å². The van der Waals surface area contributed by atoms with Crippen LogP contribution in [0.5, 0.6) is 0 Å². The number of aliphatic hydroxyl groups is 1. The smallest absolute Gasteiger partial charge is 0.363 e. The average molecular weight is 363 g/mol. The van der Waals surface area contributed by atoms with Crippen LogP contribution in [0.1, 0.15) is 11.4 Å². The van der Waals surface area contributed by atoms with Gasteiger partial charge in [0.25, 0.3) is 0 Å². The van der Waals surface area contributed by atoms with Crippen LogP contribution in [-0.2, 0) is 13.6 Å². The molecule has 20 heavy (non-hydrogen) atoms. The predicted octanol–water partition coefficient (Wildman–Crippen LogP) is 3.03. The lowest BCUT2D eigenvalue weighted by Crippen LogP contribution is -2.14. The third-order valence-corrected chi connectivity index (χ3v) is 5.24. The molecule has 108 valence electrons. The number of halogens is 1. The van der Waals surface area contributed by atoms with Gasteiger partial charge in [-0.25, -0.2) is 0 Å². The number of aliphatic hydroxyl groups excluding tert-OH is 1. The molecule has 2 aromatic rings.